The molecule has 0 radical (unpaired) electrons. The number of anilines is 2. The summed E-state index contributed by atoms with van der Waals surface area (Å²) in [6, 6.07) is 6.08. The molecule has 3 atom stereocenters. The van der Waals surface area contributed by atoms with Crippen molar-refractivity contribution in [1.29, 1.82) is 0 Å². The first-order valence-corrected chi connectivity index (χ1v) is 12.7. The fraction of sp³-hybridized carbons (Fsp3) is 0.333. The number of nitrogens with zero attached hydrogens (tertiary/aromatic N) is 3. The fourth-order valence-electron chi connectivity index (χ4n) is 3.28. The molecule has 0 aliphatic heterocycles. The van der Waals surface area contributed by atoms with Gasteiger partial charge in [-0.1, -0.05) is 11.3 Å². The summed E-state index contributed by atoms with van der Waals surface area (Å²) in [5.74, 6) is 4.22. The summed E-state index contributed by atoms with van der Waals surface area (Å²) >= 11 is 3.18. The van der Waals surface area contributed by atoms with Crippen molar-refractivity contribution in [1.82, 2.24) is 15.0 Å². The van der Waals surface area contributed by atoms with Crippen LogP contribution < -0.4 is 15.8 Å². The van der Waals surface area contributed by atoms with Crippen LogP contribution in [0, 0.1) is 0 Å². The van der Waals surface area contributed by atoms with E-state index in [1.165, 1.54) is 0 Å². The molecule has 4 rings (SSSR count). The number of rotatable bonds is 6. The van der Waals surface area contributed by atoms with Gasteiger partial charge in [0.2, 0.25) is 5.95 Å². The van der Waals surface area contributed by atoms with Gasteiger partial charge in [0.05, 0.1) is 19.9 Å². The van der Waals surface area contributed by atoms with Crippen LogP contribution in [-0.2, 0) is 9.71 Å². The van der Waals surface area contributed by atoms with E-state index in [1.807, 2.05) is 30.8 Å². The van der Waals surface area contributed by atoms with E-state index < -0.39 is 9.71 Å². The van der Waals surface area contributed by atoms with E-state index in [0.717, 1.165) is 39.5 Å². The zero-order valence-corrected chi connectivity index (χ0v) is 17.9. The minimum absolute atomic E-state index is 0.340. The molecule has 0 spiro atoms. The Labute approximate surface area is 172 Å². The third kappa shape index (κ3) is 4.40. The second-order valence-electron chi connectivity index (χ2n) is 6.82. The SMILES string of the molecule is C=S(N)(=O)c1ccc2nc(N[C@H]3CC[C@H](Nc4ncc(SC)cn4)C3)sc2c1. The molecule has 3 aromatic rings. The van der Waals surface area contributed by atoms with Crippen LogP contribution in [0.1, 0.15) is 19.3 Å². The molecular weight excluding hydrogens is 412 g/mol. The van der Waals surface area contributed by atoms with Crippen LogP contribution in [0.3, 0.4) is 0 Å². The summed E-state index contributed by atoms with van der Waals surface area (Å²) in [6.07, 6.45) is 8.77. The highest BCUT2D eigenvalue weighted by atomic mass is 32.2. The maximum absolute atomic E-state index is 12.0. The van der Waals surface area contributed by atoms with Gasteiger partial charge in [-0.3, -0.25) is 5.14 Å². The highest BCUT2D eigenvalue weighted by Gasteiger charge is 2.26. The lowest BCUT2D eigenvalue weighted by molar-refractivity contribution is 0.682. The molecule has 1 aromatic carbocycles. The fourth-order valence-corrected chi connectivity index (χ4v) is 5.27. The third-order valence-electron chi connectivity index (χ3n) is 4.72. The van der Waals surface area contributed by atoms with Crippen molar-refractivity contribution in [3.63, 3.8) is 0 Å². The van der Waals surface area contributed by atoms with Crippen LogP contribution in [-0.4, -0.2) is 43.4 Å². The standard InChI is InChI=1S/C18H22N6OS3/c1-26-13-9-20-17(21-10-13)22-11-3-4-12(7-11)23-18-24-15-6-5-14(28(2,19)25)8-16(15)27-18/h5-6,8-12H,2-4,7H2,1H3,(H2,19,25)(H,23,24)(H,20,21,22)/t11-,12-,28?/m0/s1. The number of thioether (sulfide) groups is 1. The average Bonchev–Trinajstić information content (AvgIpc) is 3.27. The lowest BCUT2D eigenvalue weighted by atomic mass is 10.2. The summed E-state index contributed by atoms with van der Waals surface area (Å²) in [4.78, 5) is 15.0. The molecule has 7 nitrogen and oxygen atoms in total. The number of aromatic nitrogens is 3. The van der Waals surface area contributed by atoms with Crippen molar-refractivity contribution in [2.24, 2.45) is 5.14 Å². The van der Waals surface area contributed by atoms with E-state index in [-0.39, 0.29) is 0 Å². The molecule has 0 saturated heterocycles. The highest BCUT2D eigenvalue weighted by molar-refractivity contribution is 7.98. The predicted octanol–water partition coefficient (Wildman–Crippen LogP) is 3.20. The summed E-state index contributed by atoms with van der Waals surface area (Å²) in [7, 11) is -2.71. The monoisotopic (exact) mass is 434 g/mol. The first-order valence-electron chi connectivity index (χ1n) is 8.85. The molecule has 1 unspecified atom stereocenters. The van der Waals surface area contributed by atoms with Crippen molar-refractivity contribution in [3.05, 3.63) is 30.6 Å². The Bertz CT molecular complexity index is 1080. The molecule has 28 heavy (non-hydrogen) atoms. The number of hydrogen-bond donors (Lipinski definition) is 3. The largest absolute Gasteiger partial charge is 0.359 e. The second-order valence-corrected chi connectivity index (χ2v) is 10.7. The Kier molecular flexibility index (Phi) is 5.46. The Morgan fingerprint density at radius 2 is 1.96 bits per heavy atom. The molecule has 1 aliphatic rings. The maximum Gasteiger partial charge on any atom is 0.222 e. The molecule has 148 valence electrons. The van der Waals surface area contributed by atoms with E-state index in [1.54, 1.807) is 29.2 Å². The zero-order chi connectivity index (χ0) is 19.7. The number of nitrogens with one attached hydrogen (secondary N) is 2. The first-order chi connectivity index (χ1) is 13.4. The lowest BCUT2D eigenvalue weighted by Crippen LogP contribution is -2.21. The van der Waals surface area contributed by atoms with Gasteiger partial charge < -0.3 is 10.6 Å². The quantitative estimate of drug-likeness (QED) is 0.404. The van der Waals surface area contributed by atoms with Gasteiger partial charge in [0.15, 0.2) is 5.13 Å². The van der Waals surface area contributed by atoms with Gasteiger partial charge >= 0.3 is 0 Å². The Hall–Kier alpha value is -1.88. The molecule has 10 heteroatoms. The van der Waals surface area contributed by atoms with Gasteiger partial charge in [-0.25, -0.2) is 19.2 Å². The molecule has 2 heterocycles. The lowest BCUT2D eigenvalue weighted by Gasteiger charge is -2.14. The van der Waals surface area contributed by atoms with Gasteiger partial charge in [-0.2, -0.15) is 0 Å². The van der Waals surface area contributed by atoms with Crippen molar-refractivity contribution in [3.8, 4) is 0 Å². The molecule has 0 bridgehead atoms. The number of fused-ring (bicyclic) bond motifs is 1. The second kappa shape index (κ2) is 7.86. The Balaban J connectivity index is 1.39. The third-order valence-corrected chi connectivity index (χ3v) is 7.40. The van der Waals surface area contributed by atoms with Gasteiger partial charge in [0, 0.05) is 34.3 Å². The van der Waals surface area contributed by atoms with Crippen molar-refractivity contribution in [2.45, 2.75) is 41.1 Å². The predicted molar refractivity (Wildman–Crippen MR) is 120 cm³/mol. The maximum atomic E-state index is 12.0. The van der Waals surface area contributed by atoms with Gasteiger partial charge in [0.1, 0.15) is 0 Å². The minimum atomic E-state index is -2.71. The summed E-state index contributed by atoms with van der Waals surface area (Å²) in [5.41, 5.74) is 0.870. The van der Waals surface area contributed by atoms with Gasteiger partial charge in [0.25, 0.3) is 0 Å². The van der Waals surface area contributed by atoms with E-state index >= 15 is 0 Å². The van der Waals surface area contributed by atoms with Crippen LogP contribution in [0.15, 0.2) is 40.4 Å². The van der Waals surface area contributed by atoms with Crippen LogP contribution in [0.5, 0.6) is 0 Å². The van der Waals surface area contributed by atoms with Gasteiger partial charge in [-0.05, 0) is 49.6 Å². The molecule has 2 aromatic heterocycles. The minimum Gasteiger partial charge on any atom is -0.359 e. The Morgan fingerprint density at radius 3 is 2.64 bits per heavy atom. The van der Waals surface area contributed by atoms with Crippen molar-refractivity contribution < 1.29 is 4.21 Å². The Morgan fingerprint density at radius 1 is 1.25 bits per heavy atom. The van der Waals surface area contributed by atoms with Crippen LogP contribution >= 0.6 is 23.1 Å². The molecular formula is C18H22N6OS3. The molecule has 0 amide bonds. The van der Waals surface area contributed by atoms with Crippen LogP contribution in [0.2, 0.25) is 0 Å². The van der Waals surface area contributed by atoms with Gasteiger partial charge in [-0.15, -0.1) is 11.8 Å². The first kappa shape index (κ1) is 19.4. The van der Waals surface area contributed by atoms with Crippen LogP contribution in [0.4, 0.5) is 11.1 Å². The average molecular weight is 435 g/mol. The van der Waals surface area contributed by atoms with Crippen LogP contribution in [0.25, 0.3) is 10.2 Å². The smallest absolute Gasteiger partial charge is 0.222 e. The summed E-state index contributed by atoms with van der Waals surface area (Å²) in [6.45, 7) is 0. The summed E-state index contributed by atoms with van der Waals surface area (Å²) < 4.78 is 12.9. The normalized spacial score (nSPS) is 21.5. The highest BCUT2D eigenvalue weighted by Crippen LogP contribution is 2.31. The summed E-state index contributed by atoms with van der Waals surface area (Å²) in [5, 5.41) is 13.5. The number of benzene rings is 1. The number of thiazole rings is 1. The zero-order valence-electron chi connectivity index (χ0n) is 15.4. The van der Waals surface area contributed by atoms with E-state index in [0.29, 0.717) is 22.9 Å². The van der Waals surface area contributed by atoms with E-state index in [2.05, 4.69) is 31.5 Å². The number of nitrogens with two attached hydrogens (primary N) is 1. The molecule has 1 aliphatic carbocycles. The topological polar surface area (TPSA) is 106 Å². The molecule has 1 saturated carbocycles. The molecule has 4 N–H and O–H groups in total. The molecule has 1 fully saturated rings. The van der Waals surface area contributed by atoms with E-state index in [4.69, 9.17) is 5.14 Å². The van der Waals surface area contributed by atoms with Crippen molar-refractivity contribution in [2.75, 3.05) is 16.9 Å². The van der Waals surface area contributed by atoms with Crippen molar-refractivity contribution >= 4 is 60.0 Å². The van der Waals surface area contributed by atoms with E-state index in [9.17, 15) is 4.21 Å². The number of hydrogen-bond acceptors (Lipinski definition) is 8.